The SMILES string of the molecule is CCC(CC)C(=O)/C=C(\O)C(CC)CC.Cc1cc(C)c2c(c1)nc(-c1[c-]c3ccccc3c(C(C)(C)C)c1)c1oc(CC(C)C)c(C)c12.[Ir]. The number of aliphatic hydroxyl groups is 1. The van der Waals surface area contributed by atoms with Crippen LogP contribution in [0.15, 0.2) is 58.7 Å². The summed E-state index contributed by atoms with van der Waals surface area (Å²) in [5, 5.41) is 14.5. The Morgan fingerprint density at radius 3 is 2.12 bits per heavy atom. The van der Waals surface area contributed by atoms with Crippen LogP contribution in [0.5, 0.6) is 0 Å². The summed E-state index contributed by atoms with van der Waals surface area (Å²) in [5.41, 5.74) is 8.81. The van der Waals surface area contributed by atoms with Gasteiger partial charge in [0.15, 0.2) is 5.78 Å². The number of carbonyl (C=O) groups is 1. The molecular formula is C45H58IrNO3-. The van der Waals surface area contributed by atoms with Crippen molar-refractivity contribution < 1.29 is 34.4 Å². The largest absolute Gasteiger partial charge is 0.512 e. The van der Waals surface area contributed by atoms with E-state index in [4.69, 9.17) is 9.40 Å². The molecule has 0 saturated heterocycles. The third-order valence-corrected chi connectivity index (χ3v) is 9.92. The molecule has 5 heteroatoms. The molecule has 0 aliphatic carbocycles. The fraction of sp³-hybridized carbons (Fsp3) is 0.467. The average Bonchev–Trinajstić information content (AvgIpc) is 3.35. The molecule has 2 heterocycles. The zero-order chi connectivity index (χ0) is 36.2. The number of aromatic nitrogens is 1. The number of aryl methyl sites for hydroxylation is 3. The maximum absolute atomic E-state index is 11.7. The van der Waals surface area contributed by atoms with Crippen molar-refractivity contribution in [1.82, 2.24) is 4.98 Å². The predicted octanol–water partition coefficient (Wildman–Crippen LogP) is 12.9. The average molecular weight is 853 g/mol. The number of fused-ring (bicyclic) bond motifs is 4. The summed E-state index contributed by atoms with van der Waals surface area (Å²) in [7, 11) is 0. The fourth-order valence-corrected chi connectivity index (χ4v) is 7.06. The van der Waals surface area contributed by atoms with Gasteiger partial charge in [0.2, 0.25) is 0 Å². The van der Waals surface area contributed by atoms with Gasteiger partial charge in [0.1, 0.15) is 11.3 Å². The Morgan fingerprint density at radius 2 is 1.54 bits per heavy atom. The third kappa shape index (κ3) is 8.96. The Balaban J connectivity index is 0.000000361. The maximum Gasteiger partial charge on any atom is 0.162 e. The van der Waals surface area contributed by atoms with E-state index in [0.717, 1.165) is 65.6 Å². The molecule has 271 valence electrons. The van der Waals surface area contributed by atoms with E-state index in [2.05, 4.69) is 104 Å². The number of benzene rings is 3. The van der Waals surface area contributed by atoms with Crippen molar-refractivity contribution in [1.29, 1.82) is 0 Å². The summed E-state index contributed by atoms with van der Waals surface area (Å²) >= 11 is 0. The summed E-state index contributed by atoms with van der Waals surface area (Å²) in [6, 6.07) is 19.0. The first kappa shape index (κ1) is 41.2. The van der Waals surface area contributed by atoms with Crippen LogP contribution in [-0.2, 0) is 36.7 Å². The molecule has 5 rings (SSSR count). The van der Waals surface area contributed by atoms with Gasteiger partial charge in [0.25, 0.3) is 0 Å². The van der Waals surface area contributed by atoms with Crippen LogP contribution < -0.4 is 0 Å². The molecular weight excluding hydrogens is 795 g/mol. The summed E-state index contributed by atoms with van der Waals surface area (Å²) in [5.74, 6) is 2.13. The Labute approximate surface area is 314 Å². The van der Waals surface area contributed by atoms with Gasteiger partial charge in [0.05, 0.1) is 11.3 Å². The number of rotatable bonds is 10. The molecule has 0 saturated carbocycles. The van der Waals surface area contributed by atoms with E-state index < -0.39 is 0 Å². The molecule has 0 amide bonds. The Bertz CT molecular complexity index is 1970. The van der Waals surface area contributed by atoms with Crippen molar-refractivity contribution in [2.45, 2.75) is 121 Å². The van der Waals surface area contributed by atoms with Crippen LogP contribution in [0, 0.1) is 44.6 Å². The number of allylic oxidation sites excluding steroid dienone is 2. The van der Waals surface area contributed by atoms with Crippen LogP contribution in [0.1, 0.15) is 116 Å². The Kier molecular flexibility index (Phi) is 14.2. The molecule has 0 fully saturated rings. The topological polar surface area (TPSA) is 63.3 Å². The summed E-state index contributed by atoms with van der Waals surface area (Å²) in [6.07, 6.45) is 5.82. The van der Waals surface area contributed by atoms with Gasteiger partial charge in [-0.1, -0.05) is 97.5 Å². The number of nitrogens with zero attached hydrogens (tertiary/aromatic N) is 1. The second-order valence-electron chi connectivity index (χ2n) is 15.3. The molecule has 4 nitrogen and oxygen atoms in total. The Hall–Kier alpha value is -3.27. The Morgan fingerprint density at radius 1 is 0.920 bits per heavy atom. The molecule has 0 spiro atoms. The van der Waals surface area contributed by atoms with Crippen molar-refractivity contribution in [2.24, 2.45) is 17.8 Å². The van der Waals surface area contributed by atoms with Crippen molar-refractivity contribution in [3.05, 3.63) is 88.4 Å². The molecule has 0 aliphatic rings. The number of furan rings is 1. The molecule has 0 unspecified atom stereocenters. The van der Waals surface area contributed by atoms with Gasteiger partial charge in [-0.25, -0.2) is 0 Å². The first-order valence-electron chi connectivity index (χ1n) is 18.4. The van der Waals surface area contributed by atoms with E-state index in [0.29, 0.717) is 5.92 Å². The van der Waals surface area contributed by atoms with Crippen LogP contribution in [0.2, 0.25) is 0 Å². The second-order valence-corrected chi connectivity index (χ2v) is 15.3. The molecule has 2 aromatic heterocycles. The van der Waals surface area contributed by atoms with E-state index in [1.54, 1.807) is 0 Å². The van der Waals surface area contributed by atoms with E-state index >= 15 is 0 Å². The standard InChI is InChI=1S/C32H34NO.C13H24O2.Ir/c1-18(2)13-27-21(5)29-28-20(4)14-19(3)15-26(28)33-30(31(29)34-27)23-16-22-11-9-10-12-24(22)25(17-23)32(6,7)8;1-5-10(6-2)12(14)9-13(15)11(7-3)8-4;/h9-12,14-15,17-18H,13H2,1-8H3;9-11,14H,5-8H2,1-4H3;/q-1;;/b;12-9-;. The molecule has 5 aromatic rings. The number of aliphatic hydroxyl groups excluding tert-OH is 1. The van der Waals surface area contributed by atoms with Crippen LogP contribution in [0.25, 0.3) is 43.9 Å². The minimum absolute atomic E-state index is 0. The smallest absolute Gasteiger partial charge is 0.162 e. The maximum atomic E-state index is 11.7. The summed E-state index contributed by atoms with van der Waals surface area (Å²) in [4.78, 5) is 16.9. The molecule has 0 bridgehead atoms. The predicted molar refractivity (Wildman–Crippen MR) is 209 cm³/mol. The molecule has 1 radical (unpaired) electrons. The van der Waals surface area contributed by atoms with Gasteiger partial charge in [0, 0.05) is 60.9 Å². The van der Waals surface area contributed by atoms with Gasteiger partial charge in [-0.05, 0) is 80.5 Å². The molecule has 0 atom stereocenters. The van der Waals surface area contributed by atoms with Crippen LogP contribution >= 0.6 is 0 Å². The molecule has 3 aromatic carbocycles. The van der Waals surface area contributed by atoms with Crippen LogP contribution in [0.4, 0.5) is 0 Å². The number of hydrogen-bond acceptors (Lipinski definition) is 4. The normalized spacial score (nSPS) is 12.3. The zero-order valence-corrected chi connectivity index (χ0v) is 34.8. The van der Waals surface area contributed by atoms with Crippen molar-refractivity contribution >= 4 is 38.4 Å². The van der Waals surface area contributed by atoms with Crippen molar-refractivity contribution in [2.75, 3.05) is 0 Å². The third-order valence-electron chi connectivity index (χ3n) is 9.92. The van der Waals surface area contributed by atoms with E-state index in [1.807, 2.05) is 27.7 Å². The van der Waals surface area contributed by atoms with Crippen molar-refractivity contribution in [3.63, 3.8) is 0 Å². The number of pyridine rings is 1. The second kappa shape index (κ2) is 17.3. The van der Waals surface area contributed by atoms with Crippen molar-refractivity contribution in [3.8, 4) is 11.3 Å². The minimum Gasteiger partial charge on any atom is -0.512 e. The molecule has 0 aliphatic heterocycles. The van der Waals surface area contributed by atoms with E-state index in [1.165, 1.54) is 44.5 Å². The quantitative estimate of drug-likeness (QED) is 0.0864. The van der Waals surface area contributed by atoms with Gasteiger partial charge in [-0.2, -0.15) is 0 Å². The number of carbonyl (C=O) groups excluding carboxylic acids is 1. The molecule has 50 heavy (non-hydrogen) atoms. The van der Waals surface area contributed by atoms with Crippen LogP contribution in [0.3, 0.4) is 0 Å². The van der Waals surface area contributed by atoms with Gasteiger partial charge in [-0.3, -0.25) is 9.78 Å². The fourth-order valence-electron chi connectivity index (χ4n) is 7.06. The number of hydrogen-bond donors (Lipinski definition) is 1. The first-order valence-corrected chi connectivity index (χ1v) is 18.4. The van der Waals surface area contributed by atoms with Gasteiger partial charge < -0.3 is 9.52 Å². The monoisotopic (exact) mass is 853 g/mol. The summed E-state index contributed by atoms with van der Waals surface area (Å²) < 4.78 is 6.64. The molecule has 1 N–H and O–H groups in total. The number of ketones is 1. The van der Waals surface area contributed by atoms with E-state index in [-0.39, 0.29) is 48.9 Å². The first-order chi connectivity index (χ1) is 23.1. The minimum atomic E-state index is -0.00548. The van der Waals surface area contributed by atoms with Gasteiger partial charge in [-0.15, -0.1) is 29.1 Å². The van der Waals surface area contributed by atoms with E-state index in [9.17, 15) is 9.90 Å². The summed E-state index contributed by atoms with van der Waals surface area (Å²) in [6.45, 7) is 25.9. The van der Waals surface area contributed by atoms with Gasteiger partial charge >= 0.3 is 0 Å². The van der Waals surface area contributed by atoms with Crippen LogP contribution in [-0.4, -0.2) is 15.9 Å². The zero-order valence-electron chi connectivity index (χ0n) is 32.4.